The van der Waals surface area contributed by atoms with E-state index < -0.39 is 122 Å². The van der Waals surface area contributed by atoms with Crippen LogP contribution in [-0.2, 0) is 42.7 Å². The molecule has 2 atom stereocenters. The standard InChI is InChI=1S/C32H38F12O12S/c1-6-26(4,23(48)53-14-13-51-20(46)18-9-7-8-10-19(18)57-56-55-50)16-27(5,24(49)52-12-11-45)15-25(2,3)22(47)54-17-28(35,36)30(39,40)32(43,44)31(41,42)29(37,38)21(33)34/h7-10,21,45,50H,6,11-17H2,1-5H3. The first-order valence-electron chi connectivity index (χ1n) is 16.1. The van der Waals surface area contributed by atoms with Crippen LogP contribution in [0.5, 0.6) is 0 Å². The van der Waals surface area contributed by atoms with Crippen LogP contribution in [0.25, 0.3) is 0 Å². The summed E-state index contributed by atoms with van der Waals surface area (Å²) in [5.74, 6) is -42.2. The van der Waals surface area contributed by atoms with E-state index in [4.69, 9.17) is 24.6 Å². The number of rotatable bonds is 24. The van der Waals surface area contributed by atoms with E-state index in [1.165, 1.54) is 38.1 Å². The molecule has 2 N–H and O–H groups in total. The van der Waals surface area contributed by atoms with Gasteiger partial charge >= 0.3 is 59.9 Å². The van der Waals surface area contributed by atoms with Crippen LogP contribution < -0.4 is 0 Å². The molecule has 0 heterocycles. The minimum absolute atomic E-state index is 0.0472. The van der Waals surface area contributed by atoms with Gasteiger partial charge in [-0.15, -0.1) is 4.33 Å². The fourth-order valence-corrected chi connectivity index (χ4v) is 5.74. The lowest BCUT2D eigenvalue weighted by molar-refractivity contribution is -0.432. The molecule has 25 heteroatoms. The van der Waals surface area contributed by atoms with Crippen molar-refractivity contribution in [2.24, 2.45) is 16.2 Å². The van der Waals surface area contributed by atoms with Crippen molar-refractivity contribution in [1.29, 1.82) is 0 Å². The Bertz CT molecular complexity index is 1550. The molecule has 0 saturated heterocycles. The van der Waals surface area contributed by atoms with Gasteiger partial charge in [0.2, 0.25) is 0 Å². The van der Waals surface area contributed by atoms with Crippen molar-refractivity contribution < 1.29 is 111 Å². The smallest absolute Gasteiger partial charge is 0.384 e. The Balaban J connectivity index is 3.23. The zero-order chi connectivity index (χ0) is 44.5. The lowest BCUT2D eigenvalue weighted by atomic mass is 9.65. The maximum absolute atomic E-state index is 14.4. The molecule has 57 heavy (non-hydrogen) atoms. The second-order valence-electron chi connectivity index (χ2n) is 13.5. The summed E-state index contributed by atoms with van der Waals surface area (Å²) in [6, 6.07) is 5.70. The first-order chi connectivity index (χ1) is 25.9. The molecule has 0 fully saturated rings. The zero-order valence-corrected chi connectivity index (χ0v) is 31.3. The molecule has 1 rings (SSSR count). The van der Waals surface area contributed by atoms with Crippen LogP contribution in [0.4, 0.5) is 52.7 Å². The van der Waals surface area contributed by atoms with Gasteiger partial charge in [0.15, 0.2) is 6.61 Å². The molecule has 0 radical (unpaired) electrons. The van der Waals surface area contributed by atoms with E-state index >= 15 is 0 Å². The number of hydrogen-bond donors (Lipinski definition) is 2. The van der Waals surface area contributed by atoms with Crippen LogP contribution in [0.1, 0.15) is 64.2 Å². The second-order valence-corrected chi connectivity index (χ2v) is 14.2. The molecule has 0 amide bonds. The van der Waals surface area contributed by atoms with Gasteiger partial charge in [-0.2, -0.15) is 43.9 Å². The Labute approximate surface area is 320 Å². The number of alkyl halides is 12. The van der Waals surface area contributed by atoms with Gasteiger partial charge in [0, 0.05) is 0 Å². The molecule has 0 spiro atoms. The number of carbonyl (C=O) groups excluding carboxylic acids is 4. The molecule has 0 aliphatic carbocycles. The van der Waals surface area contributed by atoms with Crippen LogP contribution in [0.2, 0.25) is 0 Å². The Kier molecular flexibility index (Phi) is 17.6. The minimum Gasteiger partial charge on any atom is -0.463 e. The van der Waals surface area contributed by atoms with Crippen molar-refractivity contribution in [3.63, 3.8) is 0 Å². The number of carbonyl (C=O) groups is 4. The number of hydrogen-bond acceptors (Lipinski definition) is 13. The number of esters is 4. The Hall–Kier alpha value is -3.55. The third-order valence-electron chi connectivity index (χ3n) is 8.39. The third kappa shape index (κ3) is 11.6. The van der Waals surface area contributed by atoms with Gasteiger partial charge in [-0.1, -0.05) is 24.1 Å². The fraction of sp³-hybridized carbons (Fsp3) is 0.688. The highest BCUT2D eigenvalue weighted by Gasteiger charge is 2.88. The zero-order valence-electron chi connectivity index (χ0n) is 30.5. The van der Waals surface area contributed by atoms with E-state index in [0.29, 0.717) is 12.0 Å². The fourth-order valence-electron chi connectivity index (χ4n) is 5.27. The SMILES string of the molecule is CCC(C)(CC(C)(CC(C)(C)C(=O)OCC(F)(F)C(F)(F)C(F)(F)C(F)(F)C(F)(F)C(F)F)C(=O)OCCO)C(=O)OCCOC(=O)c1ccccc1SOOO. The lowest BCUT2D eigenvalue weighted by Crippen LogP contribution is -2.69. The molecular weight excluding hydrogens is 836 g/mol. The summed E-state index contributed by atoms with van der Waals surface area (Å²) < 4.78 is 187. The second kappa shape index (κ2) is 19.5. The van der Waals surface area contributed by atoms with Gasteiger partial charge in [-0.05, 0) is 59.1 Å². The van der Waals surface area contributed by atoms with Gasteiger partial charge in [0.05, 0.1) is 45.4 Å². The molecule has 328 valence electrons. The number of benzene rings is 1. The molecule has 12 nitrogen and oxygen atoms in total. The Morgan fingerprint density at radius 1 is 0.702 bits per heavy atom. The van der Waals surface area contributed by atoms with Crippen molar-refractivity contribution in [3.8, 4) is 0 Å². The summed E-state index contributed by atoms with van der Waals surface area (Å²) in [7, 11) is 0. The van der Waals surface area contributed by atoms with Crippen LogP contribution in [0, 0.1) is 16.2 Å². The average molecular weight is 875 g/mol. The van der Waals surface area contributed by atoms with E-state index in [-0.39, 0.29) is 16.9 Å². The van der Waals surface area contributed by atoms with Crippen LogP contribution in [-0.4, -0.2) is 103 Å². The van der Waals surface area contributed by atoms with Crippen molar-refractivity contribution in [1.82, 2.24) is 0 Å². The maximum Gasteiger partial charge on any atom is 0.384 e. The highest BCUT2D eigenvalue weighted by Crippen LogP contribution is 2.58. The van der Waals surface area contributed by atoms with Crippen molar-refractivity contribution in [3.05, 3.63) is 29.8 Å². The van der Waals surface area contributed by atoms with E-state index in [2.05, 4.69) is 14.1 Å². The minimum atomic E-state index is -7.85. The van der Waals surface area contributed by atoms with Crippen molar-refractivity contribution in [2.75, 3.05) is 33.0 Å². The van der Waals surface area contributed by atoms with Crippen LogP contribution in [0.3, 0.4) is 0 Å². The molecule has 1 aromatic carbocycles. The summed E-state index contributed by atoms with van der Waals surface area (Å²) in [6.07, 6.45) is -7.36. The summed E-state index contributed by atoms with van der Waals surface area (Å²) >= 11 is 0.453. The van der Waals surface area contributed by atoms with Crippen LogP contribution in [0.15, 0.2) is 29.2 Å². The highest BCUT2D eigenvalue weighted by atomic mass is 32.2. The quantitative estimate of drug-likeness (QED) is 0.0199. The Morgan fingerprint density at radius 3 is 1.75 bits per heavy atom. The number of aliphatic hydroxyl groups excluding tert-OH is 1. The molecule has 1 aromatic rings. The topological polar surface area (TPSA) is 164 Å². The highest BCUT2D eigenvalue weighted by molar-refractivity contribution is 7.94. The van der Waals surface area contributed by atoms with Gasteiger partial charge < -0.3 is 24.1 Å². The third-order valence-corrected chi connectivity index (χ3v) is 9.06. The molecule has 0 bridgehead atoms. The summed E-state index contributed by atoms with van der Waals surface area (Å²) in [5, 5.41) is 21.0. The van der Waals surface area contributed by atoms with Gasteiger partial charge in [0.25, 0.3) is 0 Å². The Morgan fingerprint density at radius 2 is 1.23 bits per heavy atom. The normalized spacial score (nSPS) is 15.4. The number of halogens is 12. The van der Waals surface area contributed by atoms with Gasteiger partial charge in [0.1, 0.15) is 19.8 Å². The first kappa shape index (κ1) is 51.5. The number of aliphatic hydroxyl groups is 1. The number of ether oxygens (including phenoxy) is 4. The maximum atomic E-state index is 14.4. The predicted molar refractivity (Wildman–Crippen MR) is 168 cm³/mol. The summed E-state index contributed by atoms with van der Waals surface area (Å²) in [5.41, 5.74) is -6.15. The van der Waals surface area contributed by atoms with Crippen molar-refractivity contribution in [2.45, 2.75) is 94.8 Å². The molecule has 0 aliphatic rings. The molecule has 0 aromatic heterocycles. The molecule has 2 unspecified atom stereocenters. The van der Waals surface area contributed by atoms with Gasteiger partial charge in [-0.25, -0.2) is 18.8 Å². The molecule has 0 aliphatic heterocycles. The average Bonchev–Trinajstić information content (AvgIpc) is 3.12. The summed E-state index contributed by atoms with van der Waals surface area (Å²) in [4.78, 5) is 52.2. The monoisotopic (exact) mass is 874 g/mol. The molecule has 0 saturated carbocycles. The van der Waals surface area contributed by atoms with E-state index in [1.54, 1.807) is 0 Å². The van der Waals surface area contributed by atoms with Crippen LogP contribution >= 0.6 is 12.0 Å². The largest absolute Gasteiger partial charge is 0.463 e. The van der Waals surface area contributed by atoms with E-state index in [1.807, 2.05) is 0 Å². The molecular formula is C32H38F12O12S. The van der Waals surface area contributed by atoms with Gasteiger partial charge in [-0.3, -0.25) is 14.4 Å². The lowest BCUT2D eigenvalue weighted by Gasteiger charge is -2.40. The summed E-state index contributed by atoms with van der Waals surface area (Å²) in [6.45, 7) is -0.253. The van der Waals surface area contributed by atoms with E-state index in [9.17, 15) is 71.9 Å². The first-order valence-corrected chi connectivity index (χ1v) is 16.8. The van der Waals surface area contributed by atoms with Crippen molar-refractivity contribution >= 4 is 35.9 Å². The predicted octanol–water partition coefficient (Wildman–Crippen LogP) is 7.56. The van der Waals surface area contributed by atoms with E-state index in [0.717, 1.165) is 20.8 Å².